The summed E-state index contributed by atoms with van der Waals surface area (Å²) in [6.07, 6.45) is -0.559. The Morgan fingerprint density at radius 1 is 1.00 bits per heavy atom. The number of methoxy groups -OCH3 is 1. The number of rotatable bonds is 4. The van der Waals surface area contributed by atoms with E-state index in [9.17, 15) is 31.9 Å². The Labute approximate surface area is 132 Å². The van der Waals surface area contributed by atoms with Crippen LogP contribution < -0.4 is 9.47 Å². The minimum atomic E-state index is -2.35. The van der Waals surface area contributed by atoms with Crippen LogP contribution in [0.15, 0.2) is 18.2 Å². The molecule has 0 saturated carbocycles. The Morgan fingerprint density at radius 2 is 1.54 bits per heavy atom. The molecule has 0 bridgehead atoms. The van der Waals surface area contributed by atoms with Crippen LogP contribution in [0.2, 0.25) is 0 Å². The molecule has 0 radical (unpaired) electrons. The summed E-state index contributed by atoms with van der Waals surface area (Å²) in [4.78, 5) is 11.7. The lowest BCUT2D eigenvalue weighted by Gasteiger charge is -2.09. The number of benzene rings is 2. The van der Waals surface area contributed by atoms with Crippen molar-refractivity contribution >= 4 is 5.97 Å². The maximum Gasteiger partial charge on any atom is 0.315 e. The Hall–Kier alpha value is -2.84. The normalized spacial score (nSPS) is 10.6. The first-order chi connectivity index (χ1) is 11.3. The average Bonchev–Trinajstić information content (AvgIpc) is 2.57. The largest absolute Gasteiger partial charge is 0.504 e. The lowest BCUT2D eigenvalue weighted by atomic mass is 10.1. The van der Waals surface area contributed by atoms with Gasteiger partial charge in [-0.2, -0.15) is 8.78 Å². The van der Waals surface area contributed by atoms with E-state index in [4.69, 9.17) is 4.74 Å². The van der Waals surface area contributed by atoms with Crippen molar-refractivity contribution in [2.75, 3.05) is 7.11 Å². The number of phenols is 1. The van der Waals surface area contributed by atoms with Gasteiger partial charge in [0, 0.05) is 0 Å². The summed E-state index contributed by atoms with van der Waals surface area (Å²) in [5.74, 6) is -14.4. The van der Waals surface area contributed by atoms with Gasteiger partial charge in [0.1, 0.15) is 0 Å². The van der Waals surface area contributed by atoms with E-state index < -0.39 is 47.2 Å². The molecule has 2 aromatic rings. The molecule has 2 rings (SSSR count). The van der Waals surface area contributed by atoms with Gasteiger partial charge in [0.05, 0.1) is 13.5 Å². The van der Waals surface area contributed by atoms with Gasteiger partial charge in [-0.15, -0.1) is 0 Å². The van der Waals surface area contributed by atoms with Crippen molar-refractivity contribution in [1.29, 1.82) is 0 Å². The Morgan fingerprint density at radius 3 is 2.08 bits per heavy atom. The summed E-state index contributed by atoms with van der Waals surface area (Å²) in [5.41, 5.74) is 0.221. The second-order valence-electron chi connectivity index (χ2n) is 4.56. The first-order valence-corrected chi connectivity index (χ1v) is 6.34. The quantitative estimate of drug-likeness (QED) is 0.303. The van der Waals surface area contributed by atoms with Crippen LogP contribution in [0.1, 0.15) is 5.56 Å². The van der Waals surface area contributed by atoms with Crippen LogP contribution in [-0.4, -0.2) is 18.2 Å². The number of hydrogen-bond donors (Lipinski definition) is 1. The van der Waals surface area contributed by atoms with E-state index >= 15 is 0 Å². The van der Waals surface area contributed by atoms with Gasteiger partial charge in [-0.25, -0.2) is 13.2 Å². The lowest BCUT2D eigenvalue weighted by Crippen LogP contribution is -2.15. The van der Waals surface area contributed by atoms with Crippen molar-refractivity contribution in [1.82, 2.24) is 0 Å². The standard InChI is InChI=1S/C15H9F5O4/c1-23-8-4-6(2-3-7(8)21)5-9(22)24-15-13(19)11(17)10(16)12(18)14(15)20/h2-4,21H,5H2,1H3. The van der Waals surface area contributed by atoms with Crippen LogP contribution >= 0.6 is 0 Å². The van der Waals surface area contributed by atoms with E-state index in [1.54, 1.807) is 0 Å². The van der Waals surface area contributed by atoms with Gasteiger partial charge >= 0.3 is 5.97 Å². The van der Waals surface area contributed by atoms with Gasteiger partial charge in [-0.1, -0.05) is 6.07 Å². The van der Waals surface area contributed by atoms with Gasteiger partial charge in [-0.05, 0) is 17.7 Å². The van der Waals surface area contributed by atoms with Crippen molar-refractivity contribution < 1.29 is 41.3 Å². The minimum absolute atomic E-state index is 0.0246. The third-order valence-electron chi connectivity index (χ3n) is 2.98. The van der Waals surface area contributed by atoms with E-state index in [0.29, 0.717) is 0 Å². The Kier molecular flexibility index (Phi) is 4.91. The van der Waals surface area contributed by atoms with Crippen LogP contribution in [0.25, 0.3) is 0 Å². The zero-order chi connectivity index (χ0) is 18.0. The maximum atomic E-state index is 13.4. The van der Waals surface area contributed by atoms with E-state index in [2.05, 4.69) is 4.74 Å². The summed E-state index contributed by atoms with van der Waals surface area (Å²) in [5, 5.41) is 9.40. The van der Waals surface area contributed by atoms with Crippen molar-refractivity contribution in [2.45, 2.75) is 6.42 Å². The molecule has 9 heteroatoms. The molecular weight excluding hydrogens is 339 g/mol. The number of phenolic OH excluding ortho intramolecular Hbond substituents is 1. The van der Waals surface area contributed by atoms with Crippen LogP contribution in [0, 0.1) is 29.1 Å². The highest BCUT2D eigenvalue weighted by atomic mass is 19.2. The molecule has 0 heterocycles. The molecule has 0 amide bonds. The molecule has 128 valence electrons. The molecule has 2 aromatic carbocycles. The average molecular weight is 348 g/mol. The van der Waals surface area contributed by atoms with E-state index in [1.165, 1.54) is 25.3 Å². The molecule has 0 unspecified atom stereocenters. The fourth-order valence-electron chi connectivity index (χ4n) is 1.82. The van der Waals surface area contributed by atoms with Crippen LogP contribution in [-0.2, 0) is 11.2 Å². The van der Waals surface area contributed by atoms with Crippen LogP contribution in [0.4, 0.5) is 22.0 Å². The molecule has 0 fully saturated rings. The monoisotopic (exact) mass is 348 g/mol. The maximum absolute atomic E-state index is 13.4. The van der Waals surface area contributed by atoms with E-state index in [1.807, 2.05) is 0 Å². The SMILES string of the molecule is COc1cc(CC(=O)Oc2c(F)c(F)c(F)c(F)c2F)ccc1O. The minimum Gasteiger partial charge on any atom is -0.504 e. The number of carbonyl (C=O) groups is 1. The number of hydrogen-bond acceptors (Lipinski definition) is 4. The molecular formula is C15H9F5O4. The van der Waals surface area contributed by atoms with E-state index in [0.717, 1.165) is 0 Å². The zero-order valence-corrected chi connectivity index (χ0v) is 12.0. The fraction of sp³-hybridized carbons (Fsp3) is 0.133. The molecule has 4 nitrogen and oxygen atoms in total. The number of carbonyl (C=O) groups excluding carboxylic acids is 1. The molecule has 0 aromatic heterocycles. The van der Waals surface area contributed by atoms with Crippen molar-refractivity contribution in [3.8, 4) is 17.2 Å². The van der Waals surface area contributed by atoms with Gasteiger partial charge in [0.15, 0.2) is 11.5 Å². The highest BCUT2D eigenvalue weighted by molar-refractivity contribution is 5.75. The van der Waals surface area contributed by atoms with Crippen molar-refractivity contribution in [2.24, 2.45) is 0 Å². The third-order valence-corrected chi connectivity index (χ3v) is 2.98. The molecule has 0 aliphatic carbocycles. The topological polar surface area (TPSA) is 55.8 Å². The number of aromatic hydroxyl groups is 1. The summed E-state index contributed by atoms with van der Waals surface area (Å²) < 4.78 is 74.9. The molecule has 0 aliphatic rings. The Bertz CT molecular complexity index is 778. The highest BCUT2D eigenvalue weighted by Gasteiger charge is 2.28. The van der Waals surface area contributed by atoms with Gasteiger partial charge in [0.2, 0.25) is 34.8 Å². The second-order valence-corrected chi connectivity index (χ2v) is 4.56. The van der Waals surface area contributed by atoms with Crippen LogP contribution in [0.5, 0.6) is 17.2 Å². The molecule has 0 saturated heterocycles. The third kappa shape index (κ3) is 3.24. The van der Waals surface area contributed by atoms with Gasteiger partial charge < -0.3 is 14.6 Å². The predicted molar refractivity (Wildman–Crippen MR) is 70.2 cm³/mol. The number of esters is 1. The smallest absolute Gasteiger partial charge is 0.315 e. The van der Waals surface area contributed by atoms with Gasteiger partial charge in [0.25, 0.3) is 0 Å². The zero-order valence-electron chi connectivity index (χ0n) is 12.0. The van der Waals surface area contributed by atoms with Crippen molar-refractivity contribution in [3.05, 3.63) is 52.8 Å². The van der Waals surface area contributed by atoms with Gasteiger partial charge in [-0.3, -0.25) is 4.79 Å². The number of ether oxygens (including phenoxy) is 2. The molecule has 0 spiro atoms. The molecule has 1 N–H and O–H groups in total. The molecule has 24 heavy (non-hydrogen) atoms. The Balaban J connectivity index is 2.25. The highest BCUT2D eigenvalue weighted by Crippen LogP contribution is 2.30. The number of halogens is 5. The first kappa shape index (κ1) is 17.5. The molecule has 0 aliphatic heterocycles. The summed E-state index contributed by atoms with van der Waals surface area (Å²) >= 11 is 0. The van der Waals surface area contributed by atoms with Crippen LogP contribution in [0.3, 0.4) is 0 Å². The summed E-state index contributed by atoms with van der Waals surface area (Å²) in [6, 6.07) is 3.73. The summed E-state index contributed by atoms with van der Waals surface area (Å²) in [7, 11) is 1.26. The fourth-order valence-corrected chi connectivity index (χ4v) is 1.82. The second kappa shape index (κ2) is 6.73. The lowest BCUT2D eigenvalue weighted by molar-refractivity contribution is -0.134. The van der Waals surface area contributed by atoms with Crippen molar-refractivity contribution in [3.63, 3.8) is 0 Å². The van der Waals surface area contributed by atoms with E-state index in [-0.39, 0.29) is 17.1 Å². The predicted octanol–water partition coefficient (Wildman–Crippen LogP) is 3.24. The first-order valence-electron chi connectivity index (χ1n) is 6.34. The summed E-state index contributed by atoms with van der Waals surface area (Å²) in [6.45, 7) is 0. The molecule has 0 atom stereocenters.